The van der Waals surface area contributed by atoms with Gasteiger partial charge in [0.15, 0.2) is 0 Å². The van der Waals surface area contributed by atoms with E-state index in [0.29, 0.717) is 6.61 Å². The lowest BCUT2D eigenvalue weighted by Crippen LogP contribution is -2.52. The lowest BCUT2D eigenvalue weighted by Gasteiger charge is -2.40. The summed E-state index contributed by atoms with van der Waals surface area (Å²) in [6.45, 7) is 7.03. The monoisotopic (exact) mass is 285 g/mol. The van der Waals surface area contributed by atoms with E-state index < -0.39 is 0 Å². The van der Waals surface area contributed by atoms with Gasteiger partial charge >= 0.3 is 0 Å². The molecule has 0 aromatic rings. The van der Waals surface area contributed by atoms with Crippen LogP contribution >= 0.6 is 0 Å². The van der Waals surface area contributed by atoms with Gasteiger partial charge in [-0.2, -0.15) is 0 Å². The number of rotatable bonds is 8. The van der Waals surface area contributed by atoms with Crippen molar-refractivity contribution in [2.75, 3.05) is 60.5 Å². The first-order chi connectivity index (χ1) is 9.55. The second-order valence-electron chi connectivity index (χ2n) is 6.06. The zero-order valence-electron chi connectivity index (χ0n) is 13.6. The molecule has 0 radical (unpaired) electrons. The van der Waals surface area contributed by atoms with Gasteiger partial charge in [-0.1, -0.05) is 6.92 Å². The number of nitrogens with one attached hydrogen (secondary N) is 1. The van der Waals surface area contributed by atoms with Crippen molar-refractivity contribution in [3.05, 3.63) is 0 Å². The maximum Gasteiger partial charge on any atom is 0.231 e. The largest absolute Gasteiger partial charge is 0.384 e. The molecule has 5 nitrogen and oxygen atoms in total. The number of hydrogen-bond donors (Lipinski definition) is 1. The molecule has 1 aliphatic rings. The third kappa shape index (κ3) is 4.72. The van der Waals surface area contributed by atoms with E-state index in [1.807, 2.05) is 19.0 Å². The lowest BCUT2D eigenvalue weighted by molar-refractivity contribution is -0.147. The van der Waals surface area contributed by atoms with Gasteiger partial charge in [0.25, 0.3) is 0 Å². The highest BCUT2D eigenvalue weighted by Gasteiger charge is 2.41. The van der Waals surface area contributed by atoms with Crippen LogP contribution in [0.4, 0.5) is 0 Å². The van der Waals surface area contributed by atoms with Crippen LogP contribution in [0.1, 0.15) is 26.2 Å². The Morgan fingerprint density at radius 3 is 2.35 bits per heavy atom. The molecule has 20 heavy (non-hydrogen) atoms. The highest BCUT2D eigenvalue weighted by Crippen LogP contribution is 2.31. The molecule has 0 bridgehead atoms. The van der Waals surface area contributed by atoms with Crippen LogP contribution in [0.3, 0.4) is 0 Å². The molecule has 1 saturated heterocycles. The molecule has 1 aliphatic heterocycles. The van der Waals surface area contributed by atoms with Gasteiger partial charge in [0, 0.05) is 26.7 Å². The zero-order chi connectivity index (χ0) is 15.0. The van der Waals surface area contributed by atoms with E-state index in [1.54, 1.807) is 7.11 Å². The molecule has 0 aliphatic carbocycles. The summed E-state index contributed by atoms with van der Waals surface area (Å²) in [6, 6.07) is 0. The average molecular weight is 285 g/mol. The molecule has 1 fully saturated rings. The highest BCUT2D eigenvalue weighted by atomic mass is 16.5. The maximum absolute atomic E-state index is 13.0. The Labute approximate surface area is 123 Å². The molecule has 1 amide bonds. The van der Waals surface area contributed by atoms with Crippen LogP contribution in [0.15, 0.2) is 0 Å². The zero-order valence-corrected chi connectivity index (χ0v) is 13.6. The first-order valence-corrected chi connectivity index (χ1v) is 7.69. The number of likely N-dealkylation sites (N-methyl/N-ethyl adjacent to an activating group) is 1. The molecule has 1 rings (SSSR count). The second kappa shape index (κ2) is 8.60. The van der Waals surface area contributed by atoms with E-state index in [-0.39, 0.29) is 11.3 Å². The maximum atomic E-state index is 13.0. The van der Waals surface area contributed by atoms with E-state index in [4.69, 9.17) is 4.74 Å². The van der Waals surface area contributed by atoms with Crippen LogP contribution in [0, 0.1) is 5.41 Å². The van der Waals surface area contributed by atoms with Crippen LogP contribution < -0.4 is 5.32 Å². The molecule has 5 heteroatoms. The summed E-state index contributed by atoms with van der Waals surface area (Å²) in [4.78, 5) is 17.2. The van der Waals surface area contributed by atoms with E-state index >= 15 is 0 Å². The number of nitrogens with zero attached hydrogens (tertiary/aromatic N) is 2. The molecule has 0 atom stereocenters. The predicted molar refractivity (Wildman–Crippen MR) is 81.8 cm³/mol. The summed E-state index contributed by atoms with van der Waals surface area (Å²) in [5.74, 6) is 0.282. The molecule has 1 heterocycles. The van der Waals surface area contributed by atoms with E-state index in [9.17, 15) is 4.79 Å². The first-order valence-electron chi connectivity index (χ1n) is 7.69. The fourth-order valence-corrected chi connectivity index (χ4v) is 2.84. The smallest absolute Gasteiger partial charge is 0.231 e. The highest BCUT2D eigenvalue weighted by molar-refractivity contribution is 5.83. The molecule has 0 aromatic heterocycles. The van der Waals surface area contributed by atoms with Gasteiger partial charge < -0.3 is 19.9 Å². The summed E-state index contributed by atoms with van der Waals surface area (Å²) in [7, 11) is 5.79. The quantitative estimate of drug-likeness (QED) is 0.716. The Balaban J connectivity index is 2.77. The van der Waals surface area contributed by atoms with Gasteiger partial charge in [-0.3, -0.25) is 4.79 Å². The van der Waals surface area contributed by atoms with Gasteiger partial charge in [-0.15, -0.1) is 0 Å². The Morgan fingerprint density at radius 2 is 1.85 bits per heavy atom. The number of methoxy groups -OCH3 is 1. The average Bonchev–Trinajstić information content (AvgIpc) is 2.44. The number of carbonyl (C=O) groups is 1. The Bertz CT molecular complexity index is 283. The number of amides is 1. The van der Waals surface area contributed by atoms with Crippen molar-refractivity contribution in [1.82, 2.24) is 15.1 Å². The van der Waals surface area contributed by atoms with Crippen molar-refractivity contribution in [2.45, 2.75) is 26.2 Å². The first kappa shape index (κ1) is 17.4. The van der Waals surface area contributed by atoms with Crippen LogP contribution in [0.2, 0.25) is 0 Å². The molecular weight excluding hydrogens is 254 g/mol. The van der Waals surface area contributed by atoms with Gasteiger partial charge in [0.05, 0.1) is 12.0 Å². The molecule has 118 valence electrons. The van der Waals surface area contributed by atoms with E-state index in [0.717, 1.165) is 52.0 Å². The third-order valence-electron chi connectivity index (χ3n) is 4.03. The summed E-state index contributed by atoms with van der Waals surface area (Å²) in [5, 5.41) is 3.34. The fraction of sp³-hybridized carbons (Fsp3) is 0.933. The lowest BCUT2D eigenvalue weighted by atomic mass is 9.78. The standard InChI is InChI=1S/C15H31N3O2/c1-5-10-18(12-11-17(2)3)14(19)15(13-20-4)6-8-16-9-7-15/h16H,5-13H2,1-4H3. The van der Waals surface area contributed by atoms with E-state index in [2.05, 4.69) is 17.1 Å². The Morgan fingerprint density at radius 1 is 1.20 bits per heavy atom. The summed E-state index contributed by atoms with van der Waals surface area (Å²) >= 11 is 0. The van der Waals surface area contributed by atoms with Crippen molar-refractivity contribution >= 4 is 5.91 Å². The van der Waals surface area contributed by atoms with Crippen molar-refractivity contribution in [3.63, 3.8) is 0 Å². The van der Waals surface area contributed by atoms with Gasteiger partial charge in [0.1, 0.15) is 0 Å². The molecule has 0 saturated carbocycles. The molecular formula is C15H31N3O2. The molecule has 0 aromatic carbocycles. The molecule has 1 N–H and O–H groups in total. The minimum atomic E-state index is -0.318. The summed E-state index contributed by atoms with van der Waals surface area (Å²) in [6.07, 6.45) is 2.75. The predicted octanol–water partition coefficient (Wildman–Crippen LogP) is 0.803. The third-order valence-corrected chi connectivity index (χ3v) is 4.03. The number of ether oxygens (including phenoxy) is 1. The van der Waals surface area contributed by atoms with Crippen molar-refractivity contribution in [3.8, 4) is 0 Å². The minimum absolute atomic E-state index is 0.282. The topological polar surface area (TPSA) is 44.8 Å². The van der Waals surface area contributed by atoms with Gasteiger partial charge in [-0.25, -0.2) is 0 Å². The number of piperidine rings is 1. The minimum Gasteiger partial charge on any atom is -0.384 e. The SMILES string of the molecule is CCCN(CCN(C)C)C(=O)C1(COC)CCNCC1. The Kier molecular flexibility index (Phi) is 7.48. The van der Waals surface area contributed by atoms with Crippen LogP contribution in [-0.2, 0) is 9.53 Å². The molecule has 0 spiro atoms. The van der Waals surface area contributed by atoms with Gasteiger partial charge in [-0.05, 0) is 46.4 Å². The van der Waals surface area contributed by atoms with Crippen LogP contribution in [0.25, 0.3) is 0 Å². The van der Waals surface area contributed by atoms with Crippen LogP contribution in [-0.4, -0.2) is 76.2 Å². The second-order valence-corrected chi connectivity index (χ2v) is 6.06. The van der Waals surface area contributed by atoms with Crippen molar-refractivity contribution < 1.29 is 9.53 Å². The number of carbonyl (C=O) groups excluding carboxylic acids is 1. The summed E-state index contributed by atoms with van der Waals surface area (Å²) < 4.78 is 5.37. The van der Waals surface area contributed by atoms with Crippen LogP contribution in [0.5, 0.6) is 0 Å². The molecule has 0 unspecified atom stereocenters. The Hall–Kier alpha value is -0.650. The van der Waals surface area contributed by atoms with Crippen molar-refractivity contribution in [1.29, 1.82) is 0 Å². The van der Waals surface area contributed by atoms with Gasteiger partial charge in [0.2, 0.25) is 5.91 Å². The normalized spacial score (nSPS) is 18.2. The van der Waals surface area contributed by atoms with E-state index in [1.165, 1.54) is 0 Å². The fourth-order valence-electron chi connectivity index (χ4n) is 2.84. The van der Waals surface area contributed by atoms with Crippen molar-refractivity contribution in [2.24, 2.45) is 5.41 Å². The summed E-state index contributed by atoms with van der Waals surface area (Å²) in [5.41, 5.74) is -0.318. The number of hydrogen-bond acceptors (Lipinski definition) is 4.